The van der Waals surface area contributed by atoms with E-state index in [2.05, 4.69) is 34.9 Å². The van der Waals surface area contributed by atoms with Crippen molar-refractivity contribution >= 4 is 23.5 Å². The highest BCUT2D eigenvalue weighted by molar-refractivity contribution is 7.80. The van der Waals surface area contributed by atoms with E-state index in [9.17, 15) is 0 Å². The highest BCUT2D eigenvalue weighted by Gasteiger charge is 2.17. The highest BCUT2D eigenvalue weighted by atomic mass is 32.1. The predicted octanol–water partition coefficient (Wildman–Crippen LogP) is 2.57. The maximum Gasteiger partial charge on any atom is 0.184 e. The lowest BCUT2D eigenvalue weighted by atomic mass is 10.0. The smallest absolute Gasteiger partial charge is 0.184 e. The molecule has 0 atom stereocenters. The third-order valence-electron chi connectivity index (χ3n) is 3.44. The van der Waals surface area contributed by atoms with Gasteiger partial charge in [-0.1, -0.05) is 48.5 Å². The van der Waals surface area contributed by atoms with E-state index >= 15 is 0 Å². The van der Waals surface area contributed by atoms with Gasteiger partial charge in [0.05, 0.1) is 19.4 Å². The molecule has 1 aliphatic rings. The molecule has 23 heavy (non-hydrogen) atoms. The maximum absolute atomic E-state index is 5.49. The van der Waals surface area contributed by atoms with Crippen molar-refractivity contribution in [2.24, 2.45) is 10.8 Å². The van der Waals surface area contributed by atoms with Crippen molar-refractivity contribution in [3.05, 3.63) is 59.7 Å². The number of thiocarbonyl (C=S) groups is 1. The van der Waals surface area contributed by atoms with Crippen molar-refractivity contribution in [1.82, 2.24) is 5.43 Å². The molecule has 2 aromatic carbocycles. The molecular weight excluding hydrogens is 310 g/mol. The molecular formula is C17H17N3O2S. The Morgan fingerprint density at radius 1 is 1.04 bits per heavy atom. The summed E-state index contributed by atoms with van der Waals surface area (Å²) >= 11 is 4.68. The molecule has 1 fully saturated rings. The second-order valence-electron chi connectivity index (χ2n) is 5.05. The van der Waals surface area contributed by atoms with Gasteiger partial charge in [0.1, 0.15) is 0 Å². The van der Waals surface area contributed by atoms with Gasteiger partial charge < -0.3 is 15.2 Å². The first-order valence-electron chi connectivity index (χ1n) is 7.24. The predicted molar refractivity (Wildman–Crippen MR) is 94.0 cm³/mol. The molecule has 1 heterocycles. The second-order valence-corrected chi connectivity index (χ2v) is 5.49. The third-order valence-corrected chi connectivity index (χ3v) is 3.53. The molecule has 5 nitrogen and oxygen atoms in total. The molecule has 1 saturated heterocycles. The summed E-state index contributed by atoms with van der Waals surface area (Å²) in [4.78, 5) is 0. The van der Waals surface area contributed by atoms with Crippen LogP contribution in [0.15, 0.2) is 53.6 Å². The van der Waals surface area contributed by atoms with E-state index in [1.54, 1.807) is 6.21 Å². The topological polar surface area (TPSA) is 68.9 Å². The number of nitrogens with one attached hydrogen (secondary N) is 1. The van der Waals surface area contributed by atoms with Crippen molar-refractivity contribution < 1.29 is 9.47 Å². The number of nitrogens with zero attached hydrogens (tertiary/aromatic N) is 1. The van der Waals surface area contributed by atoms with Crippen LogP contribution in [0, 0.1) is 0 Å². The summed E-state index contributed by atoms with van der Waals surface area (Å²) in [5, 5.41) is 4.08. The van der Waals surface area contributed by atoms with E-state index in [4.69, 9.17) is 15.2 Å². The number of rotatable bonds is 4. The molecule has 118 valence electrons. The van der Waals surface area contributed by atoms with Crippen molar-refractivity contribution in [3.8, 4) is 11.1 Å². The molecule has 0 unspecified atom stereocenters. The zero-order chi connectivity index (χ0) is 16.1. The van der Waals surface area contributed by atoms with E-state index in [1.165, 1.54) is 0 Å². The van der Waals surface area contributed by atoms with Gasteiger partial charge in [-0.2, -0.15) is 5.10 Å². The fourth-order valence-corrected chi connectivity index (χ4v) is 2.37. The first-order chi connectivity index (χ1) is 11.2. The zero-order valence-electron chi connectivity index (χ0n) is 12.4. The van der Waals surface area contributed by atoms with Crippen LogP contribution < -0.4 is 11.2 Å². The number of nitrogens with two attached hydrogens (primary N) is 1. The van der Waals surface area contributed by atoms with Crippen LogP contribution in [0.25, 0.3) is 11.1 Å². The number of hydrogen-bond donors (Lipinski definition) is 2. The highest BCUT2D eigenvalue weighted by Crippen LogP contribution is 2.26. The Hall–Kier alpha value is -2.28. The fraction of sp³-hybridized carbons (Fsp3) is 0.176. The lowest BCUT2D eigenvalue weighted by molar-refractivity contribution is -0.0441. The Labute approximate surface area is 140 Å². The molecule has 6 heteroatoms. The lowest BCUT2D eigenvalue weighted by Crippen LogP contribution is -2.23. The standard InChI is InChI=1S/C17H17N3O2S/c18-17(23)20-19-11-12-1-3-13(4-2-12)14-5-7-15(8-6-14)16-21-9-10-22-16/h1-8,11,16H,9-10H2,(H3,18,20,23). The molecule has 0 bridgehead atoms. The number of benzene rings is 2. The normalized spacial score (nSPS) is 15.1. The van der Waals surface area contributed by atoms with Crippen LogP contribution in [0.3, 0.4) is 0 Å². The van der Waals surface area contributed by atoms with Gasteiger partial charge in [-0.3, -0.25) is 5.43 Å². The van der Waals surface area contributed by atoms with E-state index < -0.39 is 0 Å². The Bertz CT molecular complexity index is 693. The Morgan fingerprint density at radius 3 is 2.17 bits per heavy atom. The van der Waals surface area contributed by atoms with Crippen LogP contribution in [-0.4, -0.2) is 24.5 Å². The molecule has 0 aromatic heterocycles. The van der Waals surface area contributed by atoms with Crippen molar-refractivity contribution in [1.29, 1.82) is 0 Å². The van der Waals surface area contributed by atoms with Crippen LogP contribution in [0.5, 0.6) is 0 Å². The Morgan fingerprint density at radius 2 is 1.61 bits per heavy atom. The van der Waals surface area contributed by atoms with Gasteiger partial charge in [0.15, 0.2) is 11.4 Å². The van der Waals surface area contributed by atoms with E-state index in [1.807, 2.05) is 36.4 Å². The van der Waals surface area contributed by atoms with Crippen LogP contribution in [0.4, 0.5) is 0 Å². The van der Waals surface area contributed by atoms with E-state index in [0.717, 1.165) is 22.3 Å². The van der Waals surface area contributed by atoms with Gasteiger partial charge in [0.2, 0.25) is 0 Å². The van der Waals surface area contributed by atoms with Gasteiger partial charge in [-0.05, 0) is 28.9 Å². The van der Waals surface area contributed by atoms with Gasteiger partial charge in [-0.15, -0.1) is 0 Å². The van der Waals surface area contributed by atoms with Gasteiger partial charge in [0.25, 0.3) is 0 Å². The molecule has 1 aliphatic heterocycles. The summed E-state index contributed by atoms with van der Waals surface area (Å²) in [5.41, 5.74) is 12.1. The summed E-state index contributed by atoms with van der Waals surface area (Å²) in [5.74, 6) is 0. The molecule has 0 radical (unpaired) electrons. The van der Waals surface area contributed by atoms with Gasteiger partial charge >= 0.3 is 0 Å². The van der Waals surface area contributed by atoms with Crippen LogP contribution in [-0.2, 0) is 9.47 Å². The lowest BCUT2D eigenvalue weighted by Gasteiger charge is -2.10. The molecule has 3 rings (SSSR count). The Balaban J connectivity index is 1.69. The van der Waals surface area contributed by atoms with Gasteiger partial charge in [-0.25, -0.2) is 0 Å². The SMILES string of the molecule is NC(=S)NN=Cc1ccc(-c2ccc(C3OCCO3)cc2)cc1. The summed E-state index contributed by atoms with van der Waals surface area (Å²) in [7, 11) is 0. The molecule has 0 amide bonds. The maximum atomic E-state index is 5.49. The molecule has 0 spiro atoms. The average Bonchev–Trinajstić information content (AvgIpc) is 3.10. The average molecular weight is 327 g/mol. The Kier molecular flexibility index (Phi) is 4.97. The van der Waals surface area contributed by atoms with Crippen molar-refractivity contribution in [2.45, 2.75) is 6.29 Å². The monoisotopic (exact) mass is 327 g/mol. The molecule has 3 N–H and O–H groups in total. The van der Waals surface area contributed by atoms with Crippen molar-refractivity contribution in [3.63, 3.8) is 0 Å². The molecule has 0 saturated carbocycles. The van der Waals surface area contributed by atoms with Crippen LogP contribution in [0.1, 0.15) is 17.4 Å². The van der Waals surface area contributed by atoms with Gasteiger partial charge in [0, 0.05) is 5.56 Å². The number of hydrazone groups is 1. The third kappa shape index (κ3) is 4.13. The summed E-state index contributed by atoms with van der Waals surface area (Å²) < 4.78 is 11.0. The first-order valence-corrected chi connectivity index (χ1v) is 7.65. The molecule has 2 aromatic rings. The molecule has 0 aliphatic carbocycles. The fourth-order valence-electron chi connectivity index (χ4n) is 2.32. The minimum Gasteiger partial charge on any atom is -0.375 e. The minimum atomic E-state index is -0.233. The van der Waals surface area contributed by atoms with Crippen LogP contribution >= 0.6 is 12.2 Å². The largest absolute Gasteiger partial charge is 0.375 e. The zero-order valence-corrected chi connectivity index (χ0v) is 13.3. The quantitative estimate of drug-likeness (QED) is 0.513. The minimum absolute atomic E-state index is 0.146. The summed E-state index contributed by atoms with van der Waals surface area (Å²) in [6.45, 7) is 1.30. The van der Waals surface area contributed by atoms with Crippen molar-refractivity contribution in [2.75, 3.05) is 13.2 Å². The number of ether oxygens (including phenoxy) is 2. The summed E-state index contributed by atoms with van der Waals surface area (Å²) in [6, 6.07) is 16.3. The van der Waals surface area contributed by atoms with E-state index in [0.29, 0.717) is 13.2 Å². The summed E-state index contributed by atoms with van der Waals surface area (Å²) in [6.07, 6.45) is 1.43. The van der Waals surface area contributed by atoms with E-state index in [-0.39, 0.29) is 11.4 Å². The first kappa shape index (κ1) is 15.6. The van der Waals surface area contributed by atoms with Crippen LogP contribution in [0.2, 0.25) is 0 Å². The second kappa shape index (κ2) is 7.32. The number of hydrogen-bond acceptors (Lipinski definition) is 4.